The van der Waals surface area contributed by atoms with E-state index in [1.165, 1.54) is 0 Å². The largest absolute Gasteiger partial charge is 0.395 e. The molecule has 0 radical (unpaired) electrons. The van der Waals surface area contributed by atoms with Crippen molar-refractivity contribution in [3.63, 3.8) is 0 Å². The Balaban J connectivity index is 2.93. The number of likely N-dealkylation sites (N-methyl/N-ethyl adjacent to an activating group) is 1. The molecule has 0 amide bonds. The van der Waals surface area contributed by atoms with Crippen LogP contribution in [-0.2, 0) is 0 Å². The maximum absolute atomic E-state index is 8.92. The van der Waals surface area contributed by atoms with Crippen LogP contribution in [0.3, 0.4) is 0 Å². The van der Waals surface area contributed by atoms with Crippen LogP contribution in [0, 0.1) is 4.64 Å². The number of aromatic nitrogens is 1. The van der Waals surface area contributed by atoms with Gasteiger partial charge in [0.15, 0.2) is 0 Å². The smallest absolute Gasteiger partial charge is 0.112 e. The lowest BCUT2D eigenvalue weighted by Crippen LogP contribution is -2.24. The van der Waals surface area contributed by atoms with Crippen molar-refractivity contribution in [1.29, 1.82) is 0 Å². The molecule has 1 aromatic heterocycles. The molecule has 0 aliphatic heterocycles. The van der Waals surface area contributed by atoms with Crippen LogP contribution in [0.5, 0.6) is 0 Å². The minimum Gasteiger partial charge on any atom is -0.395 e. The lowest BCUT2D eigenvalue weighted by molar-refractivity contribution is 0.247. The first kappa shape index (κ1) is 11.9. The number of hydrogen-bond donors (Lipinski definition) is 2. The number of aliphatic hydroxyl groups excluding tert-OH is 1. The molecule has 82 valence electrons. The quantitative estimate of drug-likeness (QED) is 0.752. The summed E-state index contributed by atoms with van der Waals surface area (Å²) < 4.78 is 0.680. The highest BCUT2D eigenvalue weighted by atomic mass is 32.1. The fraction of sp³-hybridized carbons (Fsp3) is 0.364. The van der Waals surface area contributed by atoms with Crippen LogP contribution >= 0.6 is 12.2 Å². The average molecular weight is 224 g/mol. The molecule has 0 aliphatic carbocycles. The molecule has 0 fully saturated rings. The van der Waals surface area contributed by atoms with Crippen molar-refractivity contribution in [3.05, 3.63) is 35.1 Å². The highest BCUT2D eigenvalue weighted by molar-refractivity contribution is 7.71. The van der Waals surface area contributed by atoms with E-state index in [1.54, 1.807) is 6.20 Å². The molecule has 0 aromatic carbocycles. The summed E-state index contributed by atoms with van der Waals surface area (Å²) in [7, 11) is 0. The molecule has 1 rings (SSSR count). The summed E-state index contributed by atoms with van der Waals surface area (Å²) in [6.45, 7) is 7.54. The normalized spacial score (nSPS) is 10.0. The number of aromatic amines is 1. The van der Waals surface area contributed by atoms with Crippen molar-refractivity contribution >= 4 is 17.9 Å². The first-order chi connectivity index (χ1) is 7.20. The lowest BCUT2D eigenvalue weighted by atomic mass is 10.2. The molecule has 0 aliphatic rings. The molecular formula is C11H16N2OS. The second-order valence-electron chi connectivity index (χ2n) is 3.16. The molecule has 15 heavy (non-hydrogen) atoms. The van der Waals surface area contributed by atoms with Gasteiger partial charge in [-0.25, -0.2) is 0 Å². The summed E-state index contributed by atoms with van der Waals surface area (Å²) in [5.41, 5.74) is 1.77. The Morgan fingerprint density at radius 3 is 2.93 bits per heavy atom. The van der Waals surface area contributed by atoms with Crippen LogP contribution in [0.1, 0.15) is 12.5 Å². The van der Waals surface area contributed by atoms with Gasteiger partial charge in [-0.05, 0) is 19.1 Å². The molecule has 0 spiro atoms. The van der Waals surface area contributed by atoms with Crippen molar-refractivity contribution < 1.29 is 5.11 Å². The zero-order chi connectivity index (χ0) is 11.3. The molecule has 1 heterocycles. The van der Waals surface area contributed by atoms with Crippen LogP contribution in [0.4, 0.5) is 0 Å². The van der Waals surface area contributed by atoms with Crippen LogP contribution < -0.4 is 0 Å². The molecule has 0 atom stereocenters. The van der Waals surface area contributed by atoms with E-state index in [2.05, 4.69) is 11.6 Å². The van der Waals surface area contributed by atoms with Crippen molar-refractivity contribution in [2.75, 3.05) is 19.7 Å². The Morgan fingerprint density at radius 1 is 1.67 bits per heavy atom. The first-order valence-electron chi connectivity index (χ1n) is 4.93. The Kier molecular flexibility index (Phi) is 4.52. The van der Waals surface area contributed by atoms with E-state index >= 15 is 0 Å². The predicted molar refractivity (Wildman–Crippen MR) is 65.0 cm³/mol. The molecule has 3 nitrogen and oxygen atoms in total. The number of nitrogens with zero attached hydrogens (tertiary/aromatic N) is 1. The van der Waals surface area contributed by atoms with E-state index in [9.17, 15) is 0 Å². The third-order valence-corrected chi connectivity index (χ3v) is 2.60. The summed E-state index contributed by atoms with van der Waals surface area (Å²) in [4.78, 5) is 4.97. The second kappa shape index (κ2) is 5.68. The van der Waals surface area contributed by atoms with Crippen LogP contribution in [0.25, 0.3) is 5.70 Å². The van der Waals surface area contributed by atoms with Gasteiger partial charge in [0.2, 0.25) is 0 Å². The Morgan fingerprint density at radius 2 is 2.40 bits per heavy atom. The predicted octanol–water partition coefficient (Wildman–Crippen LogP) is 2.03. The number of H-pyrrole nitrogens is 1. The zero-order valence-electron chi connectivity index (χ0n) is 8.86. The van der Waals surface area contributed by atoms with Crippen LogP contribution in [0.2, 0.25) is 0 Å². The number of pyridine rings is 1. The SMILES string of the molecule is C=C(c1ccc[nH]c1=S)N(CC)CCO. The maximum Gasteiger partial charge on any atom is 0.112 e. The maximum atomic E-state index is 8.92. The van der Waals surface area contributed by atoms with Crippen LogP contribution in [-0.4, -0.2) is 34.7 Å². The third-order valence-electron chi connectivity index (χ3n) is 2.26. The Labute approximate surface area is 95.1 Å². The van der Waals surface area contributed by atoms with Crippen molar-refractivity contribution in [2.45, 2.75) is 6.92 Å². The number of nitrogens with one attached hydrogen (secondary N) is 1. The number of rotatable bonds is 5. The van der Waals surface area contributed by atoms with Gasteiger partial charge in [-0.15, -0.1) is 0 Å². The zero-order valence-corrected chi connectivity index (χ0v) is 9.68. The fourth-order valence-corrected chi connectivity index (χ4v) is 1.68. The highest BCUT2D eigenvalue weighted by Gasteiger charge is 2.08. The molecule has 4 heteroatoms. The fourth-order valence-electron chi connectivity index (χ4n) is 1.42. The van der Waals surface area contributed by atoms with Gasteiger partial charge in [0, 0.05) is 30.5 Å². The summed E-state index contributed by atoms with van der Waals surface area (Å²) in [6.07, 6.45) is 1.79. The van der Waals surface area contributed by atoms with E-state index in [1.807, 2.05) is 24.0 Å². The first-order valence-corrected chi connectivity index (χ1v) is 5.34. The van der Waals surface area contributed by atoms with E-state index < -0.39 is 0 Å². The summed E-state index contributed by atoms with van der Waals surface area (Å²) >= 11 is 5.17. The molecule has 0 unspecified atom stereocenters. The Bertz CT molecular complexity index is 386. The minimum atomic E-state index is 0.121. The average Bonchev–Trinajstić information content (AvgIpc) is 2.25. The van der Waals surface area contributed by atoms with Gasteiger partial charge in [-0.3, -0.25) is 0 Å². The van der Waals surface area contributed by atoms with Crippen molar-refractivity contribution in [2.24, 2.45) is 0 Å². The topological polar surface area (TPSA) is 39.3 Å². The van der Waals surface area contributed by atoms with E-state index in [-0.39, 0.29) is 6.61 Å². The molecule has 0 bridgehead atoms. The highest BCUT2D eigenvalue weighted by Crippen LogP contribution is 2.16. The van der Waals surface area contributed by atoms with E-state index in [0.29, 0.717) is 11.2 Å². The standard InChI is InChI=1S/C11H16N2OS/c1-3-13(7-8-14)9(2)10-5-4-6-12-11(10)15/h4-6,14H,2-3,7-8H2,1H3,(H,12,15). The van der Waals surface area contributed by atoms with Crippen molar-refractivity contribution in [1.82, 2.24) is 9.88 Å². The van der Waals surface area contributed by atoms with Crippen LogP contribution in [0.15, 0.2) is 24.9 Å². The molecular weight excluding hydrogens is 208 g/mol. The van der Waals surface area contributed by atoms with Gasteiger partial charge < -0.3 is 15.0 Å². The Hall–Kier alpha value is -1.13. The van der Waals surface area contributed by atoms with E-state index in [4.69, 9.17) is 17.3 Å². The summed E-state index contributed by atoms with van der Waals surface area (Å²) in [5, 5.41) is 8.92. The number of aliphatic hydroxyl groups is 1. The molecule has 2 N–H and O–H groups in total. The lowest BCUT2D eigenvalue weighted by Gasteiger charge is -2.24. The molecule has 1 aromatic rings. The second-order valence-corrected chi connectivity index (χ2v) is 3.57. The minimum absolute atomic E-state index is 0.121. The van der Waals surface area contributed by atoms with E-state index in [0.717, 1.165) is 17.8 Å². The molecule has 0 saturated carbocycles. The third kappa shape index (κ3) is 2.91. The van der Waals surface area contributed by atoms with Gasteiger partial charge in [-0.2, -0.15) is 0 Å². The van der Waals surface area contributed by atoms with Crippen molar-refractivity contribution in [3.8, 4) is 0 Å². The van der Waals surface area contributed by atoms with Gasteiger partial charge in [0.25, 0.3) is 0 Å². The van der Waals surface area contributed by atoms with Gasteiger partial charge in [0.1, 0.15) is 4.64 Å². The number of hydrogen-bond acceptors (Lipinski definition) is 3. The van der Waals surface area contributed by atoms with Gasteiger partial charge in [-0.1, -0.05) is 18.8 Å². The summed E-state index contributed by atoms with van der Waals surface area (Å²) in [5.74, 6) is 0. The van der Waals surface area contributed by atoms with Gasteiger partial charge >= 0.3 is 0 Å². The van der Waals surface area contributed by atoms with Gasteiger partial charge in [0.05, 0.1) is 6.61 Å². The summed E-state index contributed by atoms with van der Waals surface area (Å²) in [6, 6.07) is 3.82. The monoisotopic (exact) mass is 224 g/mol. The molecule has 0 saturated heterocycles.